The summed E-state index contributed by atoms with van der Waals surface area (Å²) in [5.74, 6) is 0.473. The highest BCUT2D eigenvalue weighted by molar-refractivity contribution is 5.91. The van der Waals surface area contributed by atoms with Gasteiger partial charge in [0.1, 0.15) is 5.75 Å². The molecule has 4 nitrogen and oxygen atoms in total. The minimum absolute atomic E-state index is 0.0159. The van der Waals surface area contributed by atoms with Crippen LogP contribution in [-0.4, -0.2) is 17.5 Å². The van der Waals surface area contributed by atoms with Crippen LogP contribution in [-0.2, 0) is 4.79 Å². The third-order valence-corrected chi connectivity index (χ3v) is 2.27. The first-order valence-corrected chi connectivity index (χ1v) is 5.63. The average Bonchev–Trinajstić information content (AvgIpc) is 2.38. The van der Waals surface area contributed by atoms with Crippen molar-refractivity contribution in [2.45, 2.75) is 6.92 Å². The number of benzene rings is 1. The lowest BCUT2D eigenvalue weighted by Gasteiger charge is -2.07. The van der Waals surface area contributed by atoms with Gasteiger partial charge in [-0.2, -0.15) is 0 Å². The van der Waals surface area contributed by atoms with E-state index in [0.29, 0.717) is 11.4 Å². The van der Waals surface area contributed by atoms with Gasteiger partial charge in [0.2, 0.25) is 0 Å². The maximum absolute atomic E-state index is 11.6. The molecule has 0 aliphatic rings. The topological polar surface area (TPSA) is 51.2 Å². The summed E-state index contributed by atoms with van der Waals surface area (Å²) < 4.78 is 5.34. The van der Waals surface area contributed by atoms with E-state index < -0.39 is 0 Å². The fraction of sp³-hybridized carbons (Fsp3) is 0.143. The van der Waals surface area contributed by atoms with Gasteiger partial charge in [0, 0.05) is 6.20 Å². The molecule has 0 atom stereocenters. The number of hydrogen-bond acceptors (Lipinski definition) is 3. The Hall–Kier alpha value is -2.36. The summed E-state index contributed by atoms with van der Waals surface area (Å²) in [5, 5.41) is 2.73. The smallest absolute Gasteiger partial charge is 0.262 e. The molecule has 0 aliphatic carbocycles. The van der Waals surface area contributed by atoms with Crippen LogP contribution >= 0.6 is 0 Å². The fourth-order valence-corrected chi connectivity index (χ4v) is 1.49. The second kappa shape index (κ2) is 5.82. The third-order valence-electron chi connectivity index (χ3n) is 2.27. The molecule has 0 saturated heterocycles. The van der Waals surface area contributed by atoms with Gasteiger partial charge < -0.3 is 10.1 Å². The van der Waals surface area contributed by atoms with Gasteiger partial charge in [-0.15, -0.1) is 0 Å². The average molecular weight is 242 g/mol. The van der Waals surface area contributed by atoms with Crippen molar-refractivity contribution in [1.82, 2.24) is 4.98 Å². The maximum Gasteiger partial charge on any atom is 0.262 e. The first-order valence-electron chi connectivity index (χ1n) is 5.63. The number of amides is 1. The molecule has 2 aromatic rings. The summed E-state index contributed by atoms with van der Waals surface area (Å²) in [5.41, 5.74) is 1.67. The number of aromatic nitrogens is 1. The highest BCUT2D eigenvalue weighted by atomic mass is 16.5. The third kappa shape index (κ3) is 3.59. The van der Waals surface area contributed by atoms with Gasteiger partial charge in [-0.1, -0.05) is 18.2 Å². The summed E-state index contributed by atoms with van der Waals surface area (Å²) in [6, 6.07) is 11.1. The van der Waals surface area contributed by atoms with Crippen LogP contribution in [0.25, 0.3) is 0 Å². The summed E-state index contributed by atoms with van der Waals surface area (Å²) in [6.07, 6.45) is 3.34. The quantitative estimate of drug-likeness (QED) is 0.895. The Kier molecular flexibility index (Phi) is 3.91. The van der Waals surface area contributed by atoms with E-state index in [9.17, 15) is 4.79 Å². The minimum Gasteiger partial charge on any atom is -0.484 e. The summed E-state index contributed by atoms with van der Waals surface area (Å²) in [4.78, 5) is 15.6. The van der Waals surface area contributed by atoms with Crippen molar-refractivity contribution in [2.75, 3.05) is 11.9 Å². The Labute approximate surface area is 106 Å². The van der Waals surface area contributed by atoms with Crippen LogP contribution in [0, 0.1) is 6.92 Å². The van der Waals surface area contributed by atoms with E-state index >= 15 is 0 Å². The second-order valence-corrected chi connectivity index (χ2v) is 3.90. The van der Waals surface area contributed by atoms with Crippen molar-refractivity contribution in [1.29, 1.82) is 0 Å². The van der Waals surface area contributed by atoms with Gasteiger partial charge in [-0.05, 0) is 30.7 Å². The maximum atomic E-state index is 11.6. The van der Waals surface area contributed by atoms with Gasteiger partial charge >= 0.3 is 0 Å². The number of anilines is 1. The van der Waals surface area contributed by atoms with Crippen molar-refractivity contribution in [2.24, 2.45) is 0 Å². The van der Waals surface area contributed by atoms with Gasteiger partial charge in [-0.25, -0.2) is 0 Å². The molecule has 4 heteroatoms. The van der Waals surface area contributed by atoms with E-state index in [-0.39, 0.29) is 12.5 Å². The van der Waals surface area contributed by atoms with E-state index in [1.165, 1.54) is 0 Å². The predicted octanol–water partition coefficient (Wildman–Crippen LogP) is 2.41. The van der Waals surface area contributed by atoms with Gasteiger partial charge in [-0.3, -0.25) is 9.78 Å². The van der Waals surface area contributed by atoms with Gasteiger partial charge in [0.05, 0.1) is 11.9 Å². The molecule has 0 radical (unpaired) electrons. The van der Waals surface area contributed by atoms with Crippen LogP contribution in [0.3, 0.4) is 0 Å². The van der Waals surface area contributed by atoms with Gasteiger partial charge in [0.15, 0.2) is 6.61 Å². The Bertz CT molecular complexity index is 526. The minimum atomic E-state index is -0.203. The Morgan fingerprint density at radius 1 is 1.28 bits per heavy atom. The number of ether oxygens (including phenoxy) is 1. The van der Waals surface area contributed by atoms with E-state index in [0.717, 1.165) is 5.56 Å². The molecule has 0 spiro atoms. The van der Waals surface area contributed by atoms with E-state index in [2.05, 4.69) is 10.3 Å². The van der Waals surface area contributed by atoms with Crippen LogP contribution in [0.2, 0.25) is 0 Å². The molecule has 1 aromatic heterocycles. The largest absolute Gasteiger partial charge is 0.484 e. The van der Waals surface area contributed by atoms with Crippen molar-refractivity contribution in [3.05, 3.63) is 54.4 Å². The van der Waals surface area contributed by atoms with E-state index in [1.54, 1.807) is 12.4 Å². The molecule has 0 aliphatic heterocycles. The molecule has 1 amide bonds. The second-order valence-electron chi connectivity index (χ2n) is 3.90. The number of carbonyl (C=O) groups excluding carboxylic acids is 1. The Morgan fingerprint density at radius 2 is 2.06 bits per heavy atom. The van der Waals surface area contributed by atoms with E-state index in [1.807, 2.05) is 43.3 Å². The highest BCUT2D eigenvalue weighted by Crippen LogP contribution is 2.09. The molecule has 1 N–H and O–H groups in total. The van der Waals surface area contributed by atoms with Crippen molar-refractivity contribution < 1.29 is 9.53 Å². The lowest BCUT2D eigenvalue weighted by molar-refractivity contribution is -0.118. The number of para-hydroxylation sites is 1. The lowest BCUT2D eigenvalue weighted by Crippen LogP contribution is -2.20. The molecule has 1 heterocycles. The molecule has 2 rings (SSSR count). The van der Waals surface area contributed by atoms with Crippen LogP contribution in [0.1, 0.15) is 5.56 Å². The number of pyridine rings is 1. The van der Waals surface area contributed by atoms with Crippen molar-refractivity contribution in [3.63, 3.8) is 0 Å². The number of aryl methyl sites for hydroxylation is 1. The number of hydrogen-bond donors (Lipinski definition) is 1. The fourth-order valence-electron chi connectivity index (χ4n) is 1.49. The van der Waals surface area contributed by atoms with Crippen molar-refractivity contribution >= 4 is 11.6 Å². The zero-order valence-electron chi connectivity index (χ0n) is 10.1. The number of nitrogens with one attached hydrogen (secondary N) is 1. The normalized spacial score (nSPS) is 9.83. The van der Waals surface area contributed by atoms with Crippen LogP contribution < -0.4 is 10.1 Å². The molecule has 0 fully saturated rings. The predicted molar refractivity (Wildman–Crippen MR) is 69.5 cm³/mol. The SMILES string of the molecule is Cc1cncc(NC(=O)COc2ccccc2)c1. The first-order chi connectivity index (χ1) is 8.74. The molecule has 1 aromatic carbocycles. The van der Waals surface area contributed by atoms with E-state index in [4.69, 9.17) is 4.74 Å². The first kappa shape index (κ1) is 12.1. The Balaban J connectivity index is 1.86. The van der Waals surface area contributed by atoms with Crippen LogP contribution in [0.4, 0.5) is 5.69 Å². The summed E-state index contributed by atoms with van der Waals surface area (Å²) in [6.45, 7) is 1.90. The number of rotatable bonds is 4. The molecule has 0 unspecified atom stereocenters. The zero-order chi connectivity index (χ0) is 12.8. The molecular weight excluding hydrogens is 228 g/mol. The molecule has 0 bridgehead atoms. The molecule has 92 valence electrons. The van der Waals surface area contributed by atoms with Gasteiger partial charge in [0.25, 0.3) is 5.91 Å². The standard InChI is InChI=1S/C14H14N2O2/c1-11-7-12(9-15-8-11)16-14(17)10-18-13-5-3-2-4-6-13/h2-9H,10H2,1H3,(H,16,17). The summed E-state index contributed by atoms with van der Waals surface area (Å²) in [7, 11) is 0. The summed E-state index contributed by atoms with van der Waals surface area (Å²) >= 11 is 0. The lowest BCUT2D eigenvalue weighted by atomic mass is 10.3. The monoisotopic (exact) mass is 242 g/mol. The Morgan fingerprint density at radius 3 is 2.78 bits per heavy atom. The van der Waals surface area contributed by atoms with Crippen LogP contribution in [0.15, 0.2) is 48.8 Å². The molecule has 18 heavy (non-hydrogen) atoms. The highest BCUT2D eigenvalue weighted by Gasteiger charge is 2.03. The van der Waals surface area contributed by atoms with Crippen LogP contribution in [0.5, 0.6) is 5.75 Å². The molecular formula is C14H14N2O2. The van der Waals surface area contributed by atoms with Crippen molar-refractivity contribution in [3.8, 4) is 5.75 Å². The molecule has 0 saturated carbocycles. The number of nitrogens with zero attached hydrogens (tertiary/aromatic N) is 1. The number of carbonyl (C=O) groups is 1. The zero-order valence-corrected chi connectivity index (χ0v) is 10.1.